The zero-order valence-electron chi connectivity index (χ0n) is 8.34. The number of hydrogen-bond acceptors (Lipinski definition) is 3. The molecule has 0 saturated heterocycles. The number of nitrogens with zero attached hydrogens (tertiary/aromatic N) is 5. The number of azide groups is 1. The van der Waals surface area contributed by atoms with Gasteiger partial charge in [-0.2, -0.15) is 5.26 Å². The molecule has 0 aliphatic carbocycles. The van der Waals surface area contributed by atoms with Crippen LogP contribution in [0, 0.1) is 17.1 Å². The third-order valence-electron chi connectivity index (χ3n) is 1.74. The molecule has 1 aromatic rings. The molecule has 0 aliphatic heterocycles. The fraction of sp³-hybridized carbons (Fsp3) is 0.200. The van der Waals surface area contributed by atoms with Gasteiger partial charge in [0.05, 0.1) is 0 Å². The second kappa shape index (κ2) is 6.17. The number of nitriles is 1. The molecule has 1 heterocycles. The molecule has 6 heteroatoms. The maximum Gasteiger partial charge on any atom is 0.176 e. The zero-order chi connectivity index (χ0) is 11.8. The lowest BCUT2D eigenvalue weighted by Gasteiger charge is -1.94. The van der Waals surface area contributed by atoms with E-state index >= 15 is 0 Å². The Morgan fingerprint density at radius 1 is 1.69 bits per heavy atom. The minimum Gasteiger partial charge on any atom is -0.242 e. The van der Waals surface area contributed by atoms with Crippen LogP contribution in [0.25, 0.3) is 16.5 Å². The third kappa shape index (κ3) is 3.40. The van der Waals surface area contributed by atoms with Crippen LogP contribution >= 0.6 is 0 Å². The van der Waals surface area contributed by atoms with Gasteiger partial charge in [-0.25, -0.2) is 9.37 Å². The predicted octanol–water partition coefficient (Wildman–Crippen LogP) is 2.81. The summed E-state index contributed by atoms with van der Waals surface area (Å²) in [6.07, 6.45) is 5.39. The van der Waals surface area contributed by atoms with Gasteiger partial charge in [0.2, 0.25) is 0 Å². The minimum atomic E-state index is -0.639. The molecule has 0 aromatic carbocycles. The van der Waals surface area contributed by atoms with Gasteiger partial charge in [0, 0.05) is 17.7 Å². The lowest BCUT2D eigenvalue weighted by Crippen LogP contribution is -1.89. The number of halogens is 1. The van der Waals surface area contributed by atoms with Gasteiger partial charge in [0.1, 0.15) is 6.07 Å². The van der Waals surface area contributed by atoms with Gasteiger partial charge >= 0.3 is 0 Å². The topological polar surface area (TPSA) is 85.4 Å². The summed E-state index contributed by atoms with van der Waals surface area (Å²) in [6, 6.07) is 2.87. The smallest absolute Gasteiger partial charge is 0.176 e. The Bertz CT molecular complexity index is 482. The molecule has 0 bridgehead atoms. The average molecular weight is 217 g/mol. The molecule has 80 valence electrons. The normalized spacial score (nSPS) is 9.75. The highest BCUT2D eigenvalue weighted by atomic mass is 19.1. The van der Waals surface area contributed by atoms with Crippen molar-refractivity contribution >= 4 is 6.08 Å². The lowest BCUT2D eigenvalue weighted by atomic mass is 10.2. The van der Waals surface area contributed by atoms with Crippen LogP contribution in [0.15, 0.2) is 23.5 Å². The highest BCUT2D eigenvalue weighted by molar-refractivity contribution is 5.48. The van der Waals surface area contributed by atoms with Crippen LogP contribution in [0.3, 0.4) is 0 Å². The predicted molar refractivity (Wildman–Crippen MR) is 56.6 cm³/mol. The van der Waals surface area contributed by atoms with Crippen LogP contribution in [0.4, 0.5) is 4.39 Å². The number of rotatable bonds is 4. The van der Waals surface area contributed by atoms with Crippen molar-refractivity contribution in [2.75, 3.05) is 6.54 Å². The summed E-state index contributed by atoms with van der Waals surface area (Å²) in [6.45, 7) is 0.360. The van der Waals surface area contributed by atoms with Gasteiger partial charge in [0.25, 0.3) is 0 Å². The largest absolute Gasteiger partial charge is 0.242 e. The quantitative estimate of drug-likeness (QED) is 0.336. The molecule has 0 amide bonds. The third-order valence-corrected chi connectivity index (χ3v) is 1.74. The Morgan fingerprint density at radius 2 is 2.50 bits per heavy atom. The maximum atomic E-state index is 13.1. The standard InChI is InChI=1S/C10H8FN5/c11-9-5-8(7-14-10(9)6-12)3-1-2-4-15-16-13/h1,3,5,7H,2,4H2. The summed E-state index contributed by atoms with van der Waals surface area (Å²) < 4.78 is 13.1. The van der Waals surface area contributed by atoms with Crippen molar-refractivity contribution < 1.29 is 4.39 Å². The van der Waals surface area contributed by atoms with E-state index in [1.54, 1.807) is 18.2 Å². The van der Waals surface area contributed by atoms with Crippen molar-refractivity contribution in [3.05, 3.63) is 45.9 Å². The lowest BCUT2D eigenvalue weighted by molar-refractivity contribution is 0.616. The van der Waals surface area contributed by atoms with Crippen molar-refractivity contribution in [2.24, 2.45) is 5.11 Å². The van der Waals surface area contributed by atoms with Crippen LogP contribution in [0.2, 0.25) is 0 Å². The van der Waals surface area contributed by atoms with E-state index in [1.165, 1.54) is 12.3 Å². The van der Waals surface area contributed by atoms with Crippen LogP contribution in [0.1, 0.15) is 17.7 Å². The van der Waals surface area contributed by atoms with Gasteiger partial charge in [0.15, 0.2) is 11.5 Å². The van der Waals surface area contributed by atoms with Crippen LogP contribution in [-0.2, 0) is 0 Å². The monoisotopic (exact) mass is 217 g/mol. The molecule has 16 heavy (non-hydrogen) atoms. The maximum absolute atomic E-state index is 13.1. The van der Waals surface area contributed by atoms with E-state index in [0.29, 0.717) is 18.5 Å². The molecule has 1 rings (SSSR count). The van der Waals surface area contributed by atoms with Crippen molar-refractivity contribution in [2.45, 2.75) is 6.42 Å². The first-order valence-corrected chi connectivity index (χ1v) is 4.51. The molecule has 0 N–H and O–H groups in total. The highest BCUT2D eigenvalue weighted by Crippen LogP contribution is 2.07. The van der Waals surface area contributed by atoms with Gasteiger partial charge in [-0.1, -0.05) is 17.3 Å². The minimum absolute atomic E-state index is 0.216. The van der Waals surface area contributed by atoms with E-state index < -0.39 is 5.82 Å². The fourth-order valence-corrected chi connectivity index (χ4v) is 1.02. The number of hydrogen-bond donors (Lipinski definition) is 0. The Labute approximate surface area is 91.5 Å². The molecule has 0 saturated carbocycles. The SMILES string of the molecule is N#Cc1ncc(C=CCCN=[N+]=[N-])cc1F. The van der Waals surface area contributed by atoms with E-state index in [0.717, 1.165) is 0 Å². The molecule has 0 atom stereocenters. The first-order chi connectivity index (χ1) is 7.77. The van der Waals surface area contributed by atoms with E-state index in [1.807, 2.05) is 0 Å². The summed E-state index contributed by atoms with van der Waals surface area (Å²) in [5.74, 6) is -0.639. The van der Waals surface area contributed by atoms with Gasteiger partial charge < -0.3 is 0 Å². The van der Waals surface area contributed by atoms with E-state index in [4.69, 9.17) is 10.8 Å². The summed E-state index contributed by atoms with van der Waals surface area (Å²) in [5.41, 5.74) is 8.37. The highest BCUT2D eigenvalue weighted by Gasteiger charge is 2.01. The van der Waals surface area contributed by atoms with Crippen molar-refractivity contribution in [3.8, 4) is 6.07 Å². The molecule has 0 spiro atoms. The first-order valence-electron chi connectivity index (χ1n) is 4.51. The summed E-state index contributed by atoms with van der Waals surface area (Å²) in [7, 11) is 0. The van der Waals surface area contributed by atoms with Crippen LogP contribution in [-0.4, -0.2) is 11.5 Å². The number of aromatic nitrogens is 1. The van der Waals surface area contributed by atoms with Crippen molar-refractivity contribution in [1.29, 1.82) is 5.26 Å². The van der Waals surface area contributed by atoms with Gasteiger partial charge in [-0.3, -0.25) is 0 Å². The molecule has 5 nitrogen and oxygen atoms in total. The molecule has 0 fully saturated rings. The Balaban J connectivity index is 2.65. The fourth-order valence-electron chi connectivity index (χ4n) is 1.02. The van der Waals surface area contributed by atoms with Crippen LogP contribution in [0.5, 0.6) is 0 Å². The second-order valence-electron chi connectivity index (χ2n) is 2.86. The molecular weight excluding hydrogens is 209 g/mol. The van der Waals surface area contributed by atoms with E-state index in [9.17, 15) is 4.39 Å². The molecule has 0 aliphatic rings. The van der Waals surface area contributed by atoms with E-state index in [2.05, 4.69) is 15.0 Å². The van der Waals surface area contributed by atoms with Gasteiger partial charge in [-0.15, -0.1) is 0 Å². The van der Waals surface area contributed by atoms with Crippen molar-refractivity contribution in [3.63, 3.8) is 0 Å². The van der Waals surface area contributed by atoms with E-state index in [-0.39, 0.29) is 5.69 Å². The Hall–Kier alpha value is -2.38. The molecule has 0 radical (unpaired) electrons. The molecule has 0 unspecified atom stereocenters. The summed E-state index contributed by atoms with van der Waals surface area (Å²) in [5, 5.41) is 11.8. The number of pyridine rings is 1. The summed E-state index contributed by atoms with van der Waals surface area (Å²) >= 11 is 0. The summed E-state index contributed by atoms with van der Waals surface area (Å²) in [4.78, 5) is 6.24. The Kier molecular flexibility index (Phi) is 4.51. The average Bonchev–Trinajstić information content (AvgIpc) is 2.29. The second-order valence-corrected chi connectivity index (χ2v) is 2.86. The molecular formula is C10H8FN5. The zero-order valence-corrected chi connectivity index (χ0v) is 8.34. The van der Waals surface area contributed by atoms with Crippen LogP contribution < -0.4 is 0 Å². The first kappa shape index (κ1) is 11.7. The Morgan fingerprint density at radius 3 is 3.12 bits per heavy atom. The van der Waals surface area contributed by atoms with Crippen molar-refractivity contribution in [1.82, 2.24) is 4.98 Å². The van der Waals surface area contributed by atoms with Gasteiger partial charge in [-0.05, 0) is 23.6 Å². The molecule has 1 aromatic heterocycles.